The van der Waals surface area contributed by atoms with Gasteiger partial charge in [0.05, 0.1) is 11.1 Å². The normalized spacial score (nSPS) is 12.4. The van der Waals surface area contributed by atoms with Crippen molar-refractivity contribution >= 4 is 15.9 Å². The molecule has 4 heteroatoms. The van der Waals surface area contributed by atoms with Crippen molar-refractivity contribution in [2.75, 3.05) is 0 Å². The molecule has 1 atom stereocenters. The van der Waals surface area contributed by atoms with Crippen LogP contribution in [0.2, 0.25) is 0 Å². The van der Waals surface area contributed by atoms with Crippen LogP contribution < -0.4 is 5.32 Å². The summed E-state index contributed by atoms with van der Waals surface area (Å²) in [7, 11) is 0. The summed E-state index contributed by atoms with van der Waals surface area (Å²) >= 11 is 3.20. The van der Waals surface area contributed by atoms with E-state index in [1.807, 2.05) is 31.2 Å². The summed E-state index contributed by atoms with van der Waals surface area (Å²) in [6.45, 7) is 2.79. The maximum absolute atomic E-state index is 13.2. The lowest BCUT2D eigenvalue weighted by Gasteiger charge is -2.15. The Morgan fingerprint density at radius 1 is 1.20 bits per heavy atom. The highest BCUT2D eigenvalue weighted by atomic mass is 79.9. The van der Waals surface area contributed by atoms with Crippen LogP contribution in [-0.2, 0) is 13.2 Å². The molecule has 0 radical (unpaired) electrons. The van der Waals surface area contributed by atoms with Crippen LogP contribution in [0.4, 0.5) is 4.39 Å². The summed E-state index contributed by atoms with van der Waals surface area (Å²) in [5.41, 5.74) is 3.04. The van der Waals surface area contributed by atoms with Gasteiger partial charge in [-0.25, -0.2) is 4.39 Å². The summed E-state index contributed by atoms with van der Waals surface area (Å²) in [5.74, 6) is -0.253. The molecule has 0 aliphatic heterocycles. The maximum atomic E-state index is 13.2. The first-order valence-electron chi connectivity index (χ1n) is 6.47. The molecule has 0 saturated heterocycles. The van der Waals surface area contributed by atoms with Crippen LogP contribution in [0.25, 0.3) is 0 Å². The van der Waals surface area contributed by atoms with Crippen molar-refractivity contribution in [2.45, 2.75) is 26.1 Å². The smallest absolute Gasteiger partial charge is 0.137 e. The molecule has 0 heterocycles. The minimum absolute atomic E-state index is 0.0499. The number of hydrogen-bond acceptors (Lipinski definition) is 2. The zero-order chi connectivity index (χ0) is 14.5. The average molecular weight is 338 g/mol. The Hall–Kier alpha value is -1.23. The van der Waals surface area contributed by atoms with E-state index < -0.39 is 0 Å². The molecule has 20 heavy (non-hydrogen) atoms. The molecule has 0 spiro atoms. The van der Waals surface area contributed by atoms with Crippen LogP contribution >= 0.6 is 15.9 Å². The molecule has 106 valence electrons. The minimum atomic E-state index is -0.253. The van der Waals surface area contributed by atoms with Gasteiger partial charge in [-0.1, -0.05) is 30.3 Å². The molecule has 0 aliphatic rings. The maximum Gasteiger partial charge on any atom is 0.137 e. The molecule has 0 fully saturated rings. The van der Waals surface area contributed by atoms with Crippen LogP contribution in [0.3, 0.4) is 0 Å². The van der Waals surface area contributed by atoms with Crippen molar-refractivity contribution in [1.29, 1.82) is 0 Å². The average Bonchev–Trinajstić information content (AvgIpc) is 2.47. The van der Waals surface area contributed by atoms with E-state index in [0.717, 1.165) is 16.7 Å². The number of aliphatic hydroxyl groups excluding tert-OH is 1. The van der Waals surface area contributed by atoms with Crippen LogP contribution in [0.15, 0.2) is 46.9 Å². The highest BCUT2D eigenvalue weighted by Crippen LogP contribution is 2.21. The molecule has 1 unspecified atom stereocenters. The van der Waals surface area contributed by atoms with Crippen molar-refractivity contribution in [3.63, 3.8) is 0 Å². The van der Waals surface area contributed by atoms with E-state index in [9.17, 15) is 4.39 Å². The first kappa shape index (κ1) is 15.2. The van der Waals surface area contributed by atoms with Gasteiger partial charge in [-0.2, -0.15) is 0 Å². The van der Waals surface area contributed by atoms with Gasteiger partial charge in [0.2, 0.25) is 0 Å². The summed E-state index contributed by atoms with van der Waals surface area (Å²) in [4.78, 5) is 0. The standard InChI is InChI=1S/C16H17BrFNO/c1-11(14-5-6-16(18)15(17)8-14)19-9-12-3-2-4-13(7-12)10-20/h2-8,11,19-20H,9-10H2,1H3. The van der Waals surface area contributed by atoms with Crippen LogP contribution in [-0.4, -0.2) is 5.11 Å². The third-order valence-electron chi connectivity index (χ3n) is 3.23. The molecule has 0 aliphatic carbocycles. The Kier molecular flexibility index (Phi) is 5.29. The summed E-state index contributed by atoms with van der Waals surface area (Å²) in [6.07, 6.45) is 0. The molecule has 2 nitrogen and oxygen atoms in total. The second kappa shape index (κ2) is 6.97. The van der Waals surface area contributed by atoms with E-state index in [-0.39, 0.29) is 18.5 Å². The lowest BCUT2D eigenvalue weighted by molar-refractivity contribution is 0.281. The predicted octanol–water partition coefficient (Wildman–Crippen LogP) is 3.93. The van der Waals surface area contributed by atoms with Gasteiger partial charge >= 0.3 is 0 Å². The second-order valence-corrected chi connectivity index (χ2v) is 5.61. The lowest BCUT2D eigenvalue weighted by atomic mass is 10.1. The van der Waals surface area contributed by atoms with Gasteiger partial charge in [0.1, 0.15) is 5.82 Å². The fraction of sp³-hybridized carbons (Fsp3) is 0.250. The highest BCUT2D eigenvalue weighted by Gasteiger charge is 2.07. The number of benzene rings is 2. The van der Waals surface area contributed by atoms with Gasteiger partial charge in [0.15, 0.2) is 0 Å². The van der Waals surface area contributed by atoms with Crippen LogP contribution in [0.5, 0.6) is 0 Å². The minimum Gasteiger partial charge on any atom is -0.392 e. The monoisotopic (exact) mass is 337 g/mol. The molecule has 0 amide bonds. The predicted molar refractivity (Wildman–Crippen MR) is 81.7 cm³/mol. The Labute approximate surface area is 126 Å². The van der Waals surface area contributed by atoms with Crippen molar-refractivity contribution in [3.05, 3.63) is 69.4 Å². The zero-order valence-corrected chi connectivity index (χ0v) is 12.8. The largest absolute Gasteiger partial charge is 0.392 e. The molecule has 0 saturated carbocycles. The van der Waals surface area contributed by atoms with Crippen molar-refractivity contribution in [3.8, 4) is 0 Å². The van der Waals surface area contributed by atoms with Gasteiger partial charge < -0.3 is 10.4 Å². The molecule has 0 aromatic heterocycles. The molecule has 2 aromatic rings. The first-order chi connectivity index (χ1) is 9.60. The SMILES string of the molecule is CC(NCc1cccc(CO)c1)c1ccc(F)c(Br)c1. The quantitative estimate of drug-likeness (QED) is 0.866. The number of nitrogens with one attached hydrogen (secondary N) is 1. The first-order valence-corrected chi connectivity index (χ1v) is 7.26. The molecular weight excluding hydrogens is 321 g/mol. The Bertz CT molecular complexity index is 588. The molecule has 2 rings (SSSR count). The fourth-order valence-corrected chi connectivity index (χ4v) is 2.40. The molecule has 2 aromatic carbocycles. The van der Waals surface area contributed by atoms with Crippen molar-refractivity contribution < 1.29 is 9.50 Å². The third kappa shape index (κ3) is 3.88. The third-order valence-corrected chi connectivity index (χ3v) is 3.84. The van der Waals surface area contributed by atoms with Crippen molar-refractivity contribution in [2.24, 2.45) is 0 Å². The van der Waals surface area contributed by atoms with E-state index >= 15 is 0 Å². The molecule has 2 N–H and O–H groups in total. The van der Waals surface area contributed by atoms with E-state index in [1.165, 1.54) is 6.07 Å². The van der Waals surface area contributed by atoms with Gasteiger partial charge in [-0.05, 0) is 51.7 Å². The van der Waals surface area contributed by atoms with Crippen LogP contribution in [0, 0.1) is 5.82 Å². The highest BCUT2D eigenvalue weighted by molar-refractivity contribution is 9.10. The Morgan fingerprint density at radius 3 is 2.65 bits per heavy atom. The van der Waals surface area contributed by atoms with Gasteiger partial charge in [-0.15, -0.1) is 0 Å². The van der Waals surface area contributed by atoms with E-state index in [1.54, 1.807) is 12.1 Å². The van der Waals surface area contributed by atoms with Gasteiger partial charge in [0.25, 0.3) is 0 Å². The summed E-state index contributed by atoms with van der Waals surface area (Å²) in [6, 6.07) is 13.0. The number of aliphatic hydroxyl groups is 1. The summed E-state index contributed by atoms with van der Waals surface area (Å²) < 4.78 is 13.7. The van der Waals surface area contributed by atoms with Gasteiger partial charge in [-0.3, -0.25) is 0 Å². The zero-order valence-electron chi connectivity index (χ0n) is 11.2. The number of halogens is 2. The fourth-order valence-electron chi connectivity index (χ4n) is 2.01. The summed E-state index contributed by atoms with van der Waals surface area (Å²) in [5, 5.41) is 12.5. The second-order valence-electron chi connectivity index (χ2n) is 4.75. The van der Waals surface area contributed by atoms with E-state index in [0.29, 0.717) is 11.0 Å². The van der Waals surface area contributed by atoms with Gasteiger partial charge in [0, 0.05) is 12.6 Å². The topological polar surface area (TPSA) is 32.3 Å². The Balaban J connectivity index is 2.00. The lowest BCUT2D eigenvalue weighted by Crippen LogP contribution is -2.18. The number of rotatable bonds is 5. The van der Waals surface area contributed by atoms with E-state index in [2.05, 4.69) is 21.2 Å². The van der Waals surface area contributed by atoms with E-state index in [4.69, 9.17) is 5.11 Å². The Morgan fingerprint density at radius 2 is 1.95 bits per heavy atom. The molecule has 0 bridgehead atoms. The number of hydrogen-bond donors (Lipinski definition) is 2. The van der Waals surface area contributed by atoms with Crippen molar-refractivity contribution in [1.82, 2.24) is 5.32 Å². The van der Waals surface area contributed by atoms with Crippen LogP contribution in [0.1, 0.15) is 29.7 Å². The molecular formula is C16H17BrFNO.